The number of hydrogen-bond acceptors (Lipinski definition) is 3. The van der Waals surface area contributed by atoms with Gasteiger partial charge >= 0.3 is 0 Å². The molecule has 2 N–H and O–H groups in total. The smallest absolute Gasteiger partial charge is 0.0827 e. The maximum atomic E-state index is 9.89. The van der Waals surface area contributed by atoms with Gasteiger partial charge in [0.25, 0.3) is 0 Å². The zero-order chi connectivity index (χ0) is 13.5. The van der Waals surface area contributed by atoms with Crippen molar-refractivity contribution in [1.29, 1.82) is 0 Å². The van der Waals surface area contributed by atoms with Crippen LogP contribution in [0.25, 0.3) is 0 Å². The number of rotatable bonds is 7. The topological polar surface area (TPSA) is 49.7 Å². The molecule has 0 heterocycles. The van der Waals surface area contributed by atoms with Gasteiger partial charge in [0.2, 0.25) is 0 Å². The van der Waals surface area contributed by atoms with Crippen molar-refractivity contribution in [3.63, 3.8) is 0 Å². The lowest BCUT2D eigenvalue weighted by Gasteiger charge is -2.24. The van der Waals surface area contributed by atoms with Crippen LogP contribution in [0.1, 0.15) is 19.4 Å². The van der Waals surface area contributed by atoms with Gasteiger partial charge in [0.05, 0.1) is 25.4 Å². The van der Waals surface area contributed by atoms with Crippen molar-refractivity contribution < 1.29 is 14.9 Å². The van der Waals surface area contributed by atoms with Crippen molar-refractivity contribution in [2.45, 2.75) is 32.7 Å². The number of ether oxygens (including phenoxy) is 1. The molecule has 1 aromatic carbocycles. The molecule has 0 aromatic heterocycles. The van der Waals surface area contributed by atoms with Gasteiger partial charge in [-0.2, -0.15) is 0 Å². The van der Waals surface area contributed by atoms with Crippen LogP contribution in [-0.4, -0.2) is 29.0 Å². The average Bonchev–Trinajstić information content (AvgIpc) is 2.38. The second kappa shape index (κ2) is 7.31. The lowest BCUT2D eigenvalue weighted by Crippen LogP contribution is -2.33. The summed E-state index contributed by atoms with van der Waals surface area (Å²) in [6, 6.07) is 9.78. The van der Waals surface area contributed by atoms with Crippen LogP contribution in [0.15, 0.2) is 42.5 Å². The summed E-state index contributed by atoms with van der Waals surface area (Å²) in [4.78, 5) is 0. The lowest BCUT2D eigenvalue weighted by atomic mass is 9.94. The van der Waals surface area contributed by atoms with Crippen molar-refractivity contribution in [3.8, 4) is 0 Å². The molecule has 0 fully saturated rings. The normalized spacial score (nSPS) is 16.0. The van der Waals surface area contributed by atoms with Crippen LogP contribution in [0.5, 0.6) is 0 Å². The second-order valence-electron chi connectivity index (χ2n) is 4.72. The summed E-state index contributed by atoms with van der Waals surface area (Å²) >= 11 is 0. The zero-order valence-corrected chi connectivity index (χ0v) is 11.0. The van der Waals surface area contributed by atoms with Crippen LogP contribution in [0.4, 0.5) is 0 Å². The molecule has 0 aliphatic heterocycles. The highest BCUT2D eigenvalue weighted by Gasteiger charge is 2.22. The molecule has 100 valence electrons. The van der Waals surface area contributed by atoms with Gasteiger partial charge in [0.1, 0.15) is 0 Å². The highest BCUT2D eigenvalue weighted by Crippen LogP contribution is 2.15. The zero-order valence-electron chi connectivity index (χ0n) is 11.0. The predicted molar refractivity (Wildman–Crippen MR) is 72.1 cm³/mol. The molecule has 0 unspecified atom stereocenters. The van der Waals surface area contributed by atoms with E-state index in [-0.39, 0.29) is 12.5 Å². The van der Waals surface area contributed by atoms with Gasteiger partial charge in [-0.3, -0.25) is 0 Å². The van der Waals surface area contributed by atoms with E-state index >= 15 is 0 Å². The van der Waals surface area contributed by atoms with E-state index in [1.54, 1.807) is 13.8 Å². The maximum Gasteiger partial charge on any atom is 0.0827 e. The first kappa shape index (κ1) is 14.9. The summed E-state index contributed by atoms with van der Waals surface area (Å²) in [7, 11) is 0. The van der Waals surface area contributed by atoms with E-state index in [0.29, 0.717) is 12.2 Å². The summed E-state index contributed by atoms with van der Waals surface area (Å²) in [5, 5.41) is 19.7. The number of aliphatic hydroxyl groups excluding tert-OH is 2. The van der Waals surface area contributed by atoms with Gasteiger partial charge in [0, 0.05) is 5.92 Å². The largest absolute Gasteiger partial charge is 0.390 e. The molecular weight excluding hydrogens is 228 g/mol. The molecule has 0 saturated carbocycles. The van der Waals surface area contributed by atoms with E-state index in [4.69, 9.17) is 4.74 Å². The minimum atomic E-state index is -0.694. The first-order valence-corrected chi connectivity index (χ1v) is 6.15. The molecule has 3 heteroatoms. The van der Waals surface area contributed by atoms with Crippen LogP contribution >= 0.6 is 0 Å². The molecule has 3 atom stereocenters. The highest BCUT2D eigenvalue weighted by atomic mass is 16.5. The monoisotopic (exact) mass is 250 g/mol. The molecule has 0 amide bonds. The number of benzene rings is 1. The Morgan fingerprint density at radius 1 is 1.28 bits per heavy atom. The molecule has 0 saturated heterocycles. The van der Waals surface area contributed by atoms with E-state index in [9.17, 15) is 10.2 Å². The van der Waals surface area contributed by atoms with E-state index in [1.165, 1.54) is 0 Å². The van der Waals surface area contributed by atoms with Gasteiger partial charge in [-0.25, -0.2) is 0 Å². The van der Waals surface area contributed by atoms with Gasteiger partial charge in [-0.15, -0.1) is 0 Å². The van der Waals surface area contributed by atoms with E-state index in [2.05, 4.69) is 6.58 Å². The van der Waals surface area contributed by atoms with Crippen LogP contribution in [0.2, 0.25) is 0 Å². The van der Waals surface area contributed by atoms with E-state index < -0.39 is 12.2 Å². The fraction of sp³-hybridized carbons (Fsp3) is 0.467. The molecule has 0 bridgehead atoms. The van der Waals surface area contributed by atoms with Gasteiger partial charge in [-0.05, 0) is 12.5 Å². The fourth-order valence-electron chi connectivity index (χ4n) is 1.68. The third-order valence-electron chi connectivity index (χ3n) is 3.01. The molecule has 1 aromatic rings. The van der Waals surface area contributed by atoms with Crippen molar-refractivity contribution in [2.24, 2.45) is 5.92 Å². The van der Waals surface area contributed by atoms with Crippen molar-refractivity contribution in [1.82, 2.24) is 0 Å². The van der Waals surface area contributed by atoms with Gasteiger partial charge in [0.15, 0.2) is 0 Å². The first-order valence-electron chi connectivity index (χ1n) is 6.15. The number of hydrogen-bond donors (Lipinski definition) is 2. The SMILES string of the molecule is C=C(C)[C@H](O)[C@@H](C)[C@H](O)COCc1ccccc1. The lowest BCUT2D eigenvalue weighted by molar-refractivity contribution is -0.0267. The standard InChI is InChI=1S/C15H22O3/c1-11(2)15(17)12(3)14(16)10-18-9-13-7-5-4-6-8-13/h4-8,12,14-17H,1,9-10H2,2-3H3/t12-,14+,15-/m0/s1. The van der Waals surface area contributed by atoms with Crippen molar-refractivity contribution in [3.05, 3.63) is 48.0 Å². The third kappa shape index (κ3) is 4.61. The summed E-state index contributed by atoms with van der Waals surface area (Å²) < 4.78 is 5.44. The summed E-state index contributed by atoms with van der Waals surface area (Å²) in [6.07, 6.45) is -1.39. The summed E-state index contributed by atoms with van der Waals surface area (Å²) in [5.41, 5.74) is 1.72. The van der Waals surface area contributed by atoms with E-state index in [1.807, 2.05) is 30.3 Å². The molecular formula is C15H22O3. The Labute approximate surface area is 109 Å². The Morgan fingerprint density at radius 3 is 2.44 bits per heavy atom. The first-order chi connectivity index (χ1) is 8.52. The Hall–Kier alpha value is -1.16. The maximum absolute atomic E-state index is 9.89. The van der Waals surface area contributed by atoms with Gasteiger partial charge in [-0.1, -0.05) is 49.4 Å². The molecule has 0 radical (unpaired) electrons. The number of aliphatic hydroxyl groups is 2. The van der Waals surface area contributed by atoms with Crippen LogP contribution in [-0.2, 0) is 11.3 Å². The summed E-state index contributed by atoms with van der Waals surface area (Å²) in [5.74, 6) is -0.279. The summed E-state index contributed by atoms with van der Waals surface area (Å²) in [6.45, 7) is 7.90. The predicted octanol–water partition coefficient (Wildman–Crippen LogP) is 2.14. The minimum Gasteiger partial charge on any atom is -0.390 e. The molecule has 0 aliphatic rings. The Kier molecular flexibility index (Phi) is 6.05. The molecule has 0 aliphatic carbocycles. The Balaban J connectivity index is 2.33. The molecule has 0 spiro atoms. The van der Waals surface area contributed by atoms with Crippen LogP contribution < -0.4 is 0 Å². The third-order valence-corrected chi connectivity index (χ3v) is 3.01. The van der Waals surface area contributed by atoms with Crippen molar-refractivity contribution >= 4 is 0 Å². The fourth-order valence-corrected chi connectivity index (χ4v) is 1.68. The Bertz CT molecular complexity index is 361. The molecule has 18 heavy (non-hydrogen) atoms. The Morgan fingerprint density at radius 2 is 1.89 bits per heavy atom. The highest BCUT2D eigenvalue weighted by molar-refractivity contribution is 5.13. The minimum absolute atomic E-state index is 0.209. The van der Waals surface area contributed by atoms with Crippen LogP contribution in [0.3, 0.4) is 0 Å². The van der Waals surface area contributed by atoms with Gasteiger partial charge < -0.3 is 14.9 Å². The van der Waals surface area contributed by atoms with E-state index in [0.717, 1.165) is 5.56 Å². The molecule has 3 nitrogen and oxygen atoms in total. The quantitative estimate of drug-likeness (QED) is 0.729. The van der Waals surface area contributed by atoms with Crippen molar-refractivity contribution in [2.75, 3.05) is 6.61 Å². The second-order valence-corrected chi connectivity index (χ2v) is 4.72. The molecule has 1 rings (SSSR count). The van der Waals surface area contributed by atoms with Crippen LogP contribution in [0, 0.1) is 5.92 Å². The average molecular weight is 250 g/mol.